The number of carbonyl (C=O) groups excluding carboxylic acids is 1. The number of amides is 2. The van der Waals surface area contributed by atoms with E-state index in [4.69, 9.17) is 21.4 Å². The highest BCUT2D eigenvalue weighted by molar-refractivity contribution is 6.32. The zero-order chi connectivity index (χ0) is 15.0. The fourth-order valence-electron chi connectivity index (χ4n) is 1.52. The molecule has 0 bridgehead atoms. The first kappa shape index (κ1) is 16.1. The molecule has 1 aromatic rings. The zero-order valence-corrected chi connectivity index (χ0v) is 11.9. The highest BCUT2D eigenvalue weighted by Gasteiger charge is 2.05. The summed E-state index contributed by atoms with van der Waals surface area (Å²) >= 11 is 5.88. The Balaban J connectivity index is 2.33. The SMILES string of the molecule is COc1cc(NC(=O)NCCCCC(=O)O)ccc1Cl. The molecule has 1 rings (SSSR count). The quantitative estimate of drug-likeness (QED) is 0.676. The lowest BCUT2D eigenvalue weighted by atomic mass is 10.2. The Morgan fingerprint density at radius 2 is 2.10 bits per heavy atom. The molecule has 0 heterocycles. The summed E-state index contributed by atoms with van der Waals surface area (Å²) in [6, 6.07) is 4.55. The smallest absolute Gasteiger partial charge is 0.319 e. The highest BCUT2D eigenvalue weighted by Crippen LogP contribution is 2.27. The lowest BCUT2D eigenvalue weighted by Crippen LogP contribution is -2.29. The van der Waals surface area contributed by atoms with Gasteiger partial charge in [-0.05, 0) is 25.0 Å². The molecular formula is C13H17ClN2O4. The van der Waals surface area contributed by atoms with Gasteiger partial charge in [0.15, 0.2) is 0 Å². The van der Waals surface area contributed by atoms with Gasteiger partial charge in [0.2, 0.25) is 0 Å². The van der Waals surface area contributed by atoms with Crippen molar-refractivity contribution in [3.63, 3.8) is 0 Å². The summed E-state index contributed by atoms with van der Waals surface area (Å²) in [4.78, 5) is 21.9. The number of halogens is 1. The Morgan fingerprint density at radius 1 is 1.35 bits per heavy atom. The number of carboxylic acids is 1. The van der Waals surface area contributed by atoms with Gasteiger partial charge in [0.1, 0.15) is 5.75 Å². The zero-order valence-electron chi connectivity index (χ0n) is 11.1. The molecular weight excluding hydrogens is 284 g/mol. The molecule has 0 saturated heterocycles. The fraction of sp³-hybridized carbons (Fsp3) is 0.385. The van der Waals surface area contributed by atoms with Crippen LogP contribution >= 0.6 is 11.6 Å². The molecule has 0 fully saturated rings. The largest absolute Gasteiger partial charge is 0.495 e. The summed E-state index contributed by atoms with van der Waals surface area (Å²) < 4.78 is 5.04. The maximum atomic E-state index is 11.6. The van der Waals surface area contributed by atoms with E-state index in [9.17, 15) is 9.59 Å². The molecule has 0 aliphatic carbocycles. The standard InChI is InChI=1S/C13H17ClN2O4/c1-20-11-8-9(5-6-10(11)14)16-13(19)15-7-3-2-4-12(17)18/h5-6,8H,2-4,7H2,1H3,(H,17,18)(H2,15,16,19). The van der Waals surface area contributed by atoms with Gasteiger partial charge < -0.3 is 20.5 Å². The van der Waals surface area contributed by atoms with E-state index < -0.39 is 5.97 Å². The monoisotopic (exact) mass is 300 g/mol. The normalized spacial score (nSPS) is 9.90. The number of nitrogens with one attached hydrogen (secondary N) is 2. The van der Waals surface area contributed by atoms with Gasteiger partial charge in [-0.3, -0.25) is 4.79 Å². The summed E-state index contributed by atoms with van der Waals surface area (Å²) in [7, 11) is 1.49. The van der Waals surface area contributed by atoms with E-state index in [1.54, 1.807) is 18.2 Å². The molecule has 0 spiro atoms. The number of aliphatic carboxylic acids is 1. The van der Waals surface area contributed by atoms with Crippen molar-refractivity contribution in [1.29, 1.82) is 0 Å². The maximum Gasteiger partial charge on any atom is 0.319 e. The molecule has 0 unspecified atom stereocenters. The number of carboxylic acid groups (broad SMARTS) is 1. The Kier molecular flexibility index (Phi) is 6.66. The minimum absolute atomic E-state index is 0.109. The topological polar surface area (TPSA) is 87.7 Å². The van der Waals surface area contributed by atoms with E-state index in [2.05, 4.69) is 10.6 Å². The van der Waals surface area contributed by atoms with E-state index >= 15 is 0 Å². The van der Waals surface area contributed by atoms with Crippen LogP contribution in [0.25, 0.3) is 0 Å². The number of ether oxygens (including phenoxy) is 1. The second-order valence-electron chi connectivity index (χ2n) is 4.08. The summed E-state index contributed by atoms with van der Waals surface area (Å²) in [5.41, 5.74) is 0.564. The summed E-state index contributed by atoms with van der Waals surface area (Å²) in [5.74, 6) is -0.353. The average molecular weight is 301 g/mol. The van der Waals surface area contributed by atoms with Gasteiger partial charge in [0.05, 0.1) is 12.1 Å². The molecule has 0 radical (unpaired) electrons. The first-order valence-corrected chi connectivity index (χ1v) is 6.51. The van der Waals surface area contributed by atoms with Gasteiger partial charge >= 0.3 is 12.0 Å². The predicted molar refractivity (Wildman–Crippen MR) is 76.5 cm³/mol. The van der Waals surface area contributed by atoms with Crippen LogP contribution in [0.4, 0.5) is 10.5 Å². The number of hydrogen-bond donors (Lipinski definition) is 3. The Morgan fingerprint density at radius 3 is 2.75 bits per heavy atom. The third kappa shape index (κ3) is 5.79. The molecule has 0 aliphatic rings. The second kappa shape index (κ2) is 8.27. The van der Waals surface area contributed by atoms with E-state index in [1.807, 2.05) is 0 Å². The lowest BCUT2D eigenvalue weighted by Gasteiger charge is -2.09. The molecule has 0 saturated carbocycles. The number of unbranched alkanes of at least 4 members (excludes halogenated alkanes) is 1. The number of urea groups is 1. The van der Waals surface area contributed by atoms with Crippen LogP contribution in [0.3, 0.4) is 0 Å². The molecule has 110 valence electrons. The molecule has 20 heavy (non-hydrogen) atoms. The van der Waals surface area contributed by atoms with Crippen LogP contribution in [0.5, 0.6) is 5.75 Å². The number of rotatable bonds is 7. The Bertz CT molecular complexity index is 479. The number of carbonyl (C=O) groups is 2. The van der Waals surface area contributed by atoms with E-state index in [-0.39, 0.29) is 12.5 Å². The molecule has 1 aromatic carbocycles. The van der Waals surface area contributed by atoms with Crippen LogP contribution in [0.2, 0.25) is 5.02 Å². The molecule has 0 aromatic heterocycles. The van der Waals surface area contributed by atoms with Crippen molar-refractivity contribution in [2.45, 2.75) is 19.3 Å². The highest BCUT2D eigenvalue weighted by atomic mass is 35.5. The van der Waals surface area contributed by atoms with Crippen LogP contribution < -0.4 is 15.4 Å². The van der Waals surface area contributed by atoms with Crippen LogP contribution in [-0.4, -0.2) is 30.8 Å². The average Bonchev–Trinajstić information content (AvgIpc) is 2.40. The van der Waals surface area contributed by atoms with Gasteiger partial charge in [-0.15, -0.1) is 0 Å². The minimum atomic E-state index is -0.831. The molecule has 3 N–H and O–H groups in total. The summed E-state index contributed by atoms with van der Waals surface area (Å²) in [5, 5.41) is 14.2. The third-order valence-electron chi connectivity index (χ3n) is 2.51. The molecule has 0 aliphatic heterocycles. The van der Waals surface area contributed by atoms with Gasteiger partial charge in [-0.25, -0.2) is 4.79 Å². The van der Waals surface area contributed by atoms with Crippen LogP contribution in [0.1, 0.15) is 19.3 Å². The van der Waals surface area contributed by atoms with E-state index in [0.29, 0.717) is 35.8 Å². The molecule has 6 nitrogen and oxygen atoms in total. The number of benzene rings is 1. The molecule has 2 amide bonds. The molecule has 7 heteroatoms. The Labute approximate surface area is 122 Å². The van der Waals surface area contributed by atoms with Gasteiger partial charge in [-0.1, -0.05) is 11.6 Å². The number of anilines is 1. The first-order valence-electron chi connectivity index (χ1n) is 6.13. The molecule has 0 atom stereocenters. The van der Waals surface area contributed by atoms with Crippen LogP contribution in [0.15, 0.2) is 18.2 Å². The van der Waals surface area contributed by atoms with Crippen molar-refractivity contribution < 1.29 is 19.4 Å². The first-order chi connectivity index (χ1) is 9.52. The van der Waals surface area contributed by atoms with Gasteiger partial charge in [0.25, 0.3) is 0 Å². The van der Waals surface area contributed by atoms with Crippen molar-refractivity contribution in [3.8, 4) is 5.75 Å². The van der Waals surface area contributed by atoms with Crippen LogP contribution in [0, 0.1) is 0 Å². The van der Waals surface area contributed by atoms with Crippen molar-refractivity contribution in [2.75, 3.05) is 19.0 Å². The van der Waals surface area contributed by atoms with E-state index in [0.717, 1.165) is 0 Å². The third-order valence-corrected chi connectivity index (χ3v) is 2.82. The van der Waals surface area contributed by atoms with Crippen LogP contribution in [-0.2, 0) is 4.79 Å². The summed E-state index contributed by atoms with van der Waals surface area (Å²) in [6.45, 7) is 0.420. The van der Waals surface area contributed by atoms with E-state index in [1.165, 1.54) is 7.11 Å². The maximum absolute atomic E-state index is 11.6. The van der Waals surface area contributed by atoms with Gasteiger partial charge in [-0.2, -0.15) is 0 Å². The second-order valence-corrected chi connectivity index (χ2v) is 4.49. The number of methoxy groups -OCH3 is 1. The van der Waals surface area contributed by atoms with Crippen molar-refractivity contribution in [1.82, 2.24) is 5.32 Å². The fourth-order valence-corrected chi connectivity index (χ4v) is 1.71. The predicted octanol–water partition coefficient (Wildman–Crippen LogP) is 2.73. The van der Waals surface area contributed by atoms with Crippen molar-refractivity contribution in [2.24, 2.45) is 0 Å². The lowest BCUT2D eigenvalue weighted by molar-refractivity contribution is -0.137. The van der Waals surface area contributed by atoms with Crippen molar-refractivity contribution >= 4 is 29.3 Å². The minimum Gasteiger partial charge on any atom is -0.495 e. The number of hydrogen-bond acceptors (Lipinski definition) is 3. The summed E-state index contributed by atoms with van der Waals surface area (Å²) in [6.07, 6.45) is 1.26. The van der Waals surface area contributed by atoms with Gasteiger partial charge in [0, 0.05) is 24.7 Å². The Hall–Kier alpha value is -1.95. The van der Waals surface area contributed by atoms with Crippen molar-refractivity contribution in [3.05, 3.63) is 23.2 Å².